The van der Waals surface area contributed by atoms with Crippen LogP contribution in [0.4, 0.5) is 9.18 Å². The van der Waals surface area contributed by atoms with Crippen molar-refractivity contribution in [1.29, 1.82) is 0 Å². The second-order valence-electron chi connectivity index (χ2n) is 7.77. The van der Waals surface area contributed by atoms with E-state index in [1.807, 2.05) is 48.2 Å². The van der Waals surface area contributed by atoms with Gasteiger partial charge in [0, 0.05) is 23.4 Å². The standard InChI is InChI=1S/C25H22FNO2S/c26-22-13-7-5-11-20(22)23-19-10-4-6-12-21(19)25(30-23)14-16-27(17-15-25)24(28)29-18-8-2-1-3-9-18/h1-13,23H,14-17H2. The zero-order valence-corrected chi connectivity index (χ0v) is 17.3. The number of fused-ring (bicyclic) bond motifs is 2. The quantitative estimate of drug-likeness (QED) is 0.499. The number of hydrogen-bond acceptors (Lipinski definition) is 3. The first-order valence-electron chi connectivity index (χ1n) is 10.2. The van der Waals surface area contributed by atoms with Gasteiger partial charge in [-0.25, -0.2) is 9.18 Å². The lowest BCUT2D eigenvalue weighted by Gasteiger charge is -2.39. The molecule has 0 aliphatic carbocycles. The van der Waals surface area contributed by atoms with Gasteiger partial charge in [0.05, 0.1) is 5.25 Å². The zero-order valence-electron chi connectivity index (χ0n) is 16.5. The van der Waals surface area contributed by atoms with E-state index in [0.717, 1.165) is 18.4 Å². The first-order chi connectivity index (χ1) is 14.7. The van der Waals surface area contributed by atoms with Crippen molar-refractivity contribution in [2.75, 3.05) is 13.1 Å². The molecule has 0 radical (unpaired) electrons. The van der Waals surface area contributed by atoms with Gasteiger partial charge in [-0.15, -0.1) is 11.8 Å². The summed E-state index contributed by atoms with van der Waals surface area (Å²) in [6.45, 7) is 1.24. The van der Waals surface area contributed by atoms with E-state index in [4.69, 9.17) is 4.74 Å². The SMILES string of the molecule is O=C(Oc1ccccc1)N1CCC2(CC1)SC(c1ccccc1F)c1ccccc12. The molecular weight excluding hydrogens is 397 g/mol. The highest BCUT2D eigenvalue weighted by atomic mass is 32.2. The Kier molecular flexibility index (Phi) is 4.99. The molecule has 5 rings (SSSR count). The molecule has 0 aromatic heterocycles. The molecule has 152 valence electrons. The highest BCUT2D eigenvalue weighted by Gasteiger charge is 2.47. The highest BCUT2D eigenvalue weighted by Crippen LogP contribution is 2.61. The van der Waals surface area contributed by atoms with Crippen molar-refractivity contribution in [3.63, 3.8) is 0 Å². The van der Waals surface area contributed by atoms with Crippen molar-refractivity contribution in [1.82, 2.24) is 4.90 Å². The van der Waals surface area contributed by atoms with E-state index in [9.17, 15) is 9.18 Å². The van der Waals surface area contributed by atoms with E-state index < -0.39 is 0 Å². The van der Waals surface area contributed by atoms with Crippen molar-refractivity contribution in [3.05, 3.63) is 101 Å². The van der Waals surface area contributed by atoms with Crippen LogP contribution in [0.3, 0.4) is 0 Å². The van der Waals surface area contributed by atoms with Crippen molar-refractivity contribution < 1.29 is 13.9 Å². The fourth-order valence-corrected chi connectivity index (χ4v) is 6.34. The van der Waals surface area contributed by atoms with Gasteiger partial charge >= 0.3 is 6.09 Å². The van der Waals surface area contributed by atoms with E-state index in [1.54, 1.807) is 23.1 Å². The van der Waals surface area contributed by atoms with Crippen LogP contribution in [0.2, 0.25) is 0 Å². The summed E-state index contributed by atoms with van der Waals surface area (Å²) in [7, 11) is 0. The van der Waals surface area contributed by atoms with Crippen molar-refractivity contribution in [2.45, 2.75) is 22.8 Å². The third-order valence-electron chi connectivity index (χ3n) is 6.04. The smallest absolute Gasteiger partial charge is 0.410 e. The first-order valence-corrected chi connectivity index (χ1v) is 11.1. The van der Waals surface area contributed by atoms with Gasteiger partial charge < -0.3 is 9.64 Å². The van der Waals surface area contributed by atoms with Gasteiger partial charge in [0.15, 0.2) is 0 Å². The molecule has 0 saturated carbocycles. The van der Waals surface area contributed by atoms with Crippen LogP contribution in [-0.4, -0.2) is 24.1 Å². The predicted octanol–water partition coefficient (Wildman–Crippen LogP) is 6.15. The number of nitrogens with zero attached hydrogens (tertiary/aromatic N) is 1. The average Bonchev–Trinajstić information content (AvgIpc) is 3.09. The molecule has 5 heteroatoms. The maximum absolute atomic E-state index is 14.6. The number of rotatable bonds is 2. The molecule has 1 unspecified atom stereocenters. The Hall–Kier alpha value is -2.79. The van der Waals surface area contributed by atoms with Gasteiger partial charge in [-0.05, 0) is 42.2 Å². The fraction of sp³-hybridized carbons (Fsp3) is 0.240. The molecule has 1 amide bonds. The summed E-state index contributed by atoms with van der Waals surface area (Å²) in [6, 6.07) is 24.6. The van der Waals surface area contributed by atoms with Crippen LogP contribution in [0, 0.1) is 5.82 Å². The molecule has 1 fully saturated rings. The second kappa shape index (κ2) is 7.80. The lowest BCUT2D eigenvalue weighted by molar-refractivity contribution is 0.135. The van der Waals surface area contributed by atoms with Gasteiger partial charge in [0.25, 0.3) is 0 Å². The van der Waals surface area contributed by atoms with Crippen molar-refractivity contribution in [2.24, 2.45) is 0 Å². The summed E-state index contributed by atoms with van der Waals surface area (Å²) in [5.74, 6) is 0.397. The van der Waals surface area contributed by atoms with Crippen LogP contribution in [0.5, 0.6) is 5.75 Å². The third-order valence-corrected chi connectivity index (χ3v) is 7.87. The summed E-state index contributed by atoms with van der Waals surface area (Å²) in [5.41, 5.74) is 3.20. The number of piperidine rings is 1. The topological polar surface area (TPSA) is 29.5 Å². The number of halogens is 1. The van der Waals surface area contributed by atoms with E-state index in [2.05, 4.69) is 18.2 Å². The number of ether oxygens (including phenoxy) is 1. The molecule has 3 aromatic carbocycles. The largest absolute Gasteiger partial charge is 0.415 e. The number of carbonyl (C=O) groups is 1. The minimum absolute atomic E-state index is 0.0229. The highest BCUT2D eigenvalue weighted by molar-refractivity contribution is 8.01. The Labute approximate surface area is 179 Å². The van der Waals surface area contributed by atoms with Crippen molar-refractivity contribution >= 4 is 17.9 Å². The molecule has 2 heterocycles. The monoisotopic (exact) mass is 419 g/mol. The molecule has 1 saturated heterocycles. The summed E-state index contributed by atoms with van der Waals surface area (Å²) in [4.78, 5) is 14.4. The third kappa shape index (κ3) is 3.37. The molecule has 30 heavy (non-hydrogen) atoms. The zero-order chi connectivity index (χ0) is 20.6. The molecule has 0 N–H and O–H groups in total. The number of thioether (sulfide) groups is 1. The number of benzene rings is 3. The normalized spacial score (nSPS) is 19.5. The lowest BCUT2D eigenvalue weighted by atomic mass is 9.84. The fourth-order valence-electron chi connectivity index (χ4n) is 4.50. The average molecular weight is 420 g/mol. The van der Waals surface area contributed by atoms with Crippen LogP contribution in [0.1, 0.15) is 34.8 Å². The van der Waals surface area contributed by atoms with E-state index in [0.29, 0.717) is 18.8 Å². The van der Waals surface area contributed by atoms with Gasteiger partial charge in [0.2, 0.25) is 0 Å². The number of likely N-dealkylation sites (tertiary alicyclic amines) is 1. The van der Waals surface area contributed by atoms with Gasteiger partial charge in [-0.2, -0.15) is 0 Å². The van der Waals surface area contributed by atoms with E-state index in [1.165, 1.54) is 17.2 Å². The molecule has 2 aliphatic rings. The van der Waals surface area contributed by atoms with Gasteiger partial charge in [0.1, 0.15) is 11.6 Å². The maximum atomic E-state index is 14.6. The minimum atomic E-state index is -0.307. The molecule has 3 aromatic rings. The first kappa shape index (κ1) is 19.2. The van der Waals surface area contributed by atoms with Gasteiger partial charge in [-0.3, -0.25) is 0 Å². The molecule has 2 aliphatic heterocycles. The Balaban J connectivity index is 1.36. The molecular formula is C25H22FNO2S. The Bertz CT molecular complexity index is 1060. The Morgan fingerprint density at radius 3 is 2.27 bits per heavy atom. The summed E-state index contributed by atoms with van der Waals surface area (Å²) >= 11 is 1.83. The number of carbonyl (C=O) groups excluding carboxylic acids is 1. The second-order valence-corrected chi connectivity index (χ2v) is 9.26. The van der Waals surface area contributed by atoms with E-state index >= 15 is 0 Å². The summed E-state index contributed by atoms with van der Waals surface area (Å²) in [5, 5.41) is -0.0229. The van der Waals surface area contributed by atoms with Gasteiger partial charge in [-0.1, -0.05) is 60.7 Å². The minimum Gasteiger partial charge on any atom is -0.410 e. The van der Waals surface area contributed by atoms with Crippen LogP contribution in [0.15, 0.2) is 78.9 Å². The van der Waals surface area contributed by atoms with Crippen LogP contribution in [-0.2, 0) is 4.75 Å². The Morgan fingerprint density at radius 1 is 0.900 bits per heavy atom. The van der Waals surface area contributed by atoms with Crippen LogP contribution >= 0.6 is 11.8 Å². The van der Waals surface area contributed by atoms with Crippen molar-refractivity contribution in [3.8, 4) is 5.75 Å². The lowest BCUT2D eigenvalue weighted by Crippen LogP contribution is -2.44. The predicted molar refractivity (Wildman–Crippen MR) is 117 cm³/mol. The number of para-hydroxylation sites is 1. The molecule has 1 atom stereocenters. The summed E-state index contributed by atoms with van der Waals surface area (Å²) in [6.07, 6.45) is 1.34. The molecule has 1 spiro atoms. The molecule has 0 bridgehead atoms. The van der Waals surface area contributed by atoms with Crippen LogP contribution in [0.25, 0.3) is 0 Å². The Morgan fingerprint density at radius 2 is 1.53 bits per heavy atom. The summed E-state index contributed by atoms with van der Waals surface area (Å²) < 4.78 is 20.0. The van der Waals surface area contributed by atoms with E-state index in [-0.39, 0.29) is 21.9 Å². The number of amides is 1. The van der Waals surface area contributed by atoms with Crippen LogP contribution < -0.4 is 4.74 Å². The molecule has 3 nitrogen and oxygen atoms in total. The maximum Gasteiger partial charge on any atom is 0.415 e. The number of hydrogen-bond donors (Lipinski definition) is 0.